The van der Waals surface area contributed by atoms with Gasteiger partial charge >= 0.3 is 0 Å². The van der Waals surface area contributed by atoms with Gasteiger partial charge in [-0.05, 0) is 37.4 Å². The highest BCUT2D eigenvalue weighted by molar-refractivity contribution is 5.97. The molecule has 5 heteroatoms. The summed E-state index contributed by atoms with van der Waals surface area (Å²) in [6, 6.07) is 8.08. The molecule has 1 N–H and O–H groups in total. The smallest absolute Gasteiger partial charge is 0.257 e. The van der Waals surface area contributed by atoms with E-state index in [2.05, 4.69) is 5.32 Å². The molecule has 2 aliphatic heterocycles. The number of carbonyl (C=O) groups is 1. The van der Waals surface area contributed by atoms with E-state index < -0.39 is 0 Å². The molecule has 1 aromatic rings. The van der Waals surface area contributed by atoms with Gasteiger partial charge in [0.2, 0.25) is 0 Å². The molecule has 110 valence electrons. The van der Waals surface area contributed by atoms with Crippen molar-refractivity contribution in [2.24, 2.45) is 5.92 Å². The van der Waals surface area contributed by atoms with Crippen molar-refractivity contribution >= 4 is 18.3 Å². The first-order valence-corrected chi connectivity index (χ1v) is 6.95. The second kappa shape index (κ2) is 6.46. The summed E-state index contributed by atoms with van der Waals surface area (Å²) in [5.41, 5.74) is 0.675. The van der Waals surface area contributed by atoms with Gasteiger partial charge in [-0.3, -0.25) is 4.79 Å². The van der Waals surface area contributed by atoms with E-state index in [0.29, 0.717) is 23.3 Å². The number of benzene rings is 1. The monoisotopic (exact) mass is 296 g/mol. The molecule has 20 heavy (non-hydrogen) atoms. The zero-order chi connectivity index (χ0) is 13.2. The van der Waals surface area contributed by atoms with Gasteiger partial charge < -0.3 is 15.0 Å². The Balaban J connectivity index is 0.00000147. The summed E-state index contributed by atoms with van der Waals surface area (Å²) in [4.78, 5) is 14.6. The van der Waals surface area contributed by atoms with Crippen molar-refractivity contribution in [3.05, 3.63) is 29.8 Å². The first-order valence-electron chi connectivity index (χ1n) is 6.95. The minimum atomic E-state index is 0. The zero-order valence-electron chi connectivity index (χ0n) is 11.7. The lowest BCUT2D eigenvalue weighted by Gasteiger charge is -2.35. The van der Waals surface area contributed by atoms with Crippen LogP contribution >= 0.6 is 12.4 Å². The Kier molecular flexibility index (Phi) is 4.89. The lowest BCUT2D eigenvalue weighted by molar-refractivity contribution is 0.0658. The maximum atomic E-state index is 12.6. The summed E-state index contributed by atoms with van der Waals surface area (Å²) in [5.74, 6) is 1.38. The maximum Gasteiger partial charge on any atom is 0.257 e. The van der Waals surface area contributed by atoms with Crippen molar-refractivity contribution in [3.63, 3.8) is 0 Å². The van der Waals surface area contributed by atoms with Crippen LogP contribution in [0.4, 0.5) is 0 Å². The van der Waals surface area contributed by atoms with Crippen LogP contribution in [0.1, 0.15) is 23.2 Å². The van der Waals surface area contributed by atoms with E-state index in [9.17, 15) is 4.79 Å². The number of para-hydroxylation sites is 1. The van der Waals surface area contributed by atoms with Crippen LogP contribution in [0.2, 0.25) is 0 Å². The normalized spacial score (nSPS) is 24.8. The quantitative estimate of drug-likeness (QED) is 0.907. The number of rotatable bonds is 2. The van der Waals surface area contributed by atoms with Gasteiger partial charge in [0.25, 0.3) is 5.91 Å². The van der Waals surface area contributed by atoms with Crippen LogP contribution in [-0.4, -0.2) is 43.6 Å². The fourth-order valence-corrected chi connectivity index (χ4v) is 3.22. The van der Waals surface area contributed by atoms with Gasteiger partial charge in [-0.1, -0.05) is 12.1 Å². The molecular formula is C15H21ClN2O2. The third-order valence-corrected chi connectivity index (χ3v) is 4.28. The van der Waals surface area contributed by atoms with Crippen molar-refractivity contribution in [1.29, 1.82) is 0 Å². The number of nitrogens with zero attached hydrogens (tertiary/aromatic N) is 1. The number of ether oxygens (including phenoxy) is 1. The summed E-state index contributed by atoms with van der Waals surface area (Å²) in [6.07, 6.45) is 2.24. The number of hydrogen-bond donors (Lipinski definition) is 1. The van der Waals surface area contributed by atoms with E-state index >= 15 is 0 Å². The minimum absolute atomic E-state index is 0. The van der Waals surface area contributed by atoms with E-state index in [-0.39, 0.29) is 18.3 Å². The minimum Gasteiger partial charge on any atom is -0.496 e. The van der Waals surface area contributed by atoms with E-state index in [4.69, 9.17) is 4.74 Å². The standard InChI is InChI=1S/C15H20N2O2.ClH/c1-19-14-5-3-2-4-12(14)15(18)17-9-7-13-11(10-17)6-8-16-13;/h2-5,11,13,16H,6-10H2,1H3;1H. The fraction of sp³-hybridized carbons (Fsp3) is 0.533. The van der Waals surface area contributed by atoms with Crippen LogP contribution in [0.25, 0.3) is 0 Å². The Labute approximate surface area is 125 Å². The number of hydrogen-bond acceptors (Lipinski definition) is 3. The molecule has 1 aromatic carbocycles. The molecule has 2 fully saturated rings. The van der Waals surface area contributed by atoms with Crippen molar-refractivity contribution in [2.75, 3.05) is 26.7 Å². The largest absolute Gasteiger partial charge is 0.496 e. The summed E-state index contributed by atoms with van der Waals surface area (Å²) in [5, 5.41) is 3.52. The summed E-state index contributed by atoms with van der Waals surface area (Å²) in [6.45, 7) is 2.80. The predicted molar refractivity (Wildman–Crippen MR) is 80.7 cm³/mol. The first-order chi connectivity index (χ1) is 9.29. The van der Waals surface area contributed by atoms with Crippen molar-refractivity contribution in [2.45, 2.75) is 18.9 Å². The first kappa shape index (κ1) is 15.1. The molecule has 0 radical (unpaired) electrons. The second-order valence-electron chi connectivity index (χ2n) is 5.35. The summed E-state index contributed by atoms with van der Waals surface area (Å²) >= 11 is 0. The molecule has 0 saturated carbocycles. The molecular weight excluding hydrogens is 276 g/mol. The van der Waals surface area contributed by atoms with Crippen LogP contribution in [0.15, 0.2) is 24.3 Å². The number of nitrogens with one attached hydrogen (secondary N) is 1. The van der Waals surface area contributed by atoms with Crippen molar-refractivity contribution in [3.8, 4) is 5.75 Å². The fourth-order valence-electron chi connectivity index (χ4n) is 3.22. The number of piperidine rings is 1. The lowest BCUT2D eigenvalue weighted by atomic mass is 9.93. The Morgan fingerprint density at radius 1 is 1.35 bits per heavy atom. The van der Waals surface area contributed by atoms with Crippen LogP contribution < -0.4 is 10.1 Å². The molecule has 2 atom stereocenters. The molecule has 0 spiro atoms. The molecule has 2 aliphatic rings. The maximum absolute atomic E-state index is 12.6. The van der Waals surface area contributed by atoms with Gasteiger partial charge in [0.1, 0.15) is 5.75 Å². The molecule has 4 nitrogen and oxygen atoms in total. The average molecular weight is 297 g/mol. The van der Waals surface area contributed by atoms with Gasteiger partial charge in [0.15, 0.2) is 0 Å². The van der Waals surface area contributed by atoms with Crippen molar-refractivity contribution < 1.29 is 9.53 Å². The molecule has 1 amide bonds. The molecule has 2 heterocycles. The number of amides is 1. The van der Waals surface area contributed by atoms with Crippen LogP contribution in [0.3, 0.4) is 0 Å². The Hall–Kier alpha value is -1.26. The summed E-state index contributed by atoms with van der Waals surface area (Å²) < 4.78 is 5.28. The molecule has 0 bridgehead atoms. The molecule has 2 unspecified atom stereocenters. The summed E-state index contributed by atoms with van der Waals surface area (Å²) in [7, 11) is 1.61. The predicted octanol–water partition coefficient (Wildman–Crippen LogP) is 1.94. The SMILES string of the molecule is COc1ccccc1C(=O)N1CCC2NCCC2C1.Cl. The Bertz CT molecular complexity index is 481. The van der Waals surface area contributed by atoms with Gasteiger partial charge in [-0.2, -0.15) is 0 Å². The second-order valence-corrected chi connectivity index (χ2v) is 5.35. The van der Waals surface area contributed by atoms with E-state index in [1.54, 1.807) is 7.11 Å². The number of carbonyl (C=O) groups excluding carboxylic acids is 1. The van der Waals surface area contributed by atoms with Gasteiger partial charge in [0, 0.05) is 19.1 Å². The highest BCUT2D eigenvalue weighted by atomic mass is 35.5. The third-order valence-electron chi connectivity index (χ3n) is 4.28. The van der Waals surface area contributed by atoms with Gasteiger partial charge in [0.05, 0.1) is 12.7 Å². The van der Waals surface area contributed by atoms with Gasteiger partial charge in [-0.25, -0.2) is 0 Å². The van der Waals surface area contributed by atoms with Gasteiger partial charge in [-0.15, -0.1) is 12.4 Å². The van der Waals surface area contributed by atoms with Crippen LogP contribution in [0, 0.1) is 5.92 Å². The molecule has 0 aliphatic carbocycles. The number of halogens is 1. The highest BCUT2D eigenvalue weighted by Gasteiger charge is 2.34. The highest BCUT2D eigenvalue weighted by Crippen LogP contribution is 2.27. The number of fused-ring (bicyclic) bond motifs is 1. The Morgan fingerprint density at radius 3 is 2.95 bits per heavy atom. The number of likely N-dealkylation sites (tertiary alicyclic amines) is 1. The van der Waals surface area contributed by atoms with E-state index in [0.717, 1.165) is 26.1 Å². The third kappa shape index (κ3) is 2.76. The Morgan fingerprint density at radius 2 is 2.15 bits per heavy atom. The van der Waals surface area contributed by atoms with E-state index in [1.165, 1.54) is 6.42 Å². The topological polar surface area (TPSA) is 41.6 Å². The molecule has 2 saturated heterocycles. The molecule has 3 rings (SSSR count). The number of methoxy groups -OCH3 is 1. The van der Waals surface area contributed by atoms with E-state index in [1.807, 2.05) is 29.2 Å². The average Bonchev–Trinajstić information content (AvgIpc) is 2.93. The molecule has 0 aromatic heterocycles. The zero-order valence-corrected chi connectivity index (χ0v) is 12.5. The lowest BCUT2D eigenvalue weighted by Crippen LogP contribution is -2.46. The van der Waals surface area contributed by atoms with Crippen molar-refractivity contribution in [1.82, 2.24) is 10.2 Å². The van der Waals surface area contributed by atoms with Crippen LogP contribution in [-0.2, 0) is 0 Å². The van der Waals surface area contributed by atoms with Crippen LogP contribution in [0.5, 0.6) is 5.75 Å².